The molecule has 0 radical (unpaired) electrons. The largest absolute Gasteiger partial charge is 0.478 e. The van der Waals surface area contributed by atoms with E-state index < -0.39 is 5.97 Å². The first-order chi connectivity index (χ1) is 14.9. The van der Waals surface area contributed by atoms with Gasteiger partial charge in [0.05, 0.1) is 16.3 Å². The first-order valence-electron chi connectivity index (χ1n) is 9.84. The molecule has 7 heteroatoms. The molecule has 31 heavy (non-hydrogen) atoms. The van der Waals surface area contributed by atoms with Crippen molar-refractivity contribution in [1.29, 1.82) is 5.41 Å². The third kappa shape index (κ3) is 3.78. The number of hydrogen-bond donors (Lipinski definition) is 4. The van der Waals surface area contributed by atoms with Crippen LogP contribution in [0.2, 0.25) is 5.02 Å². The number of pyridine rings is 1. The molecule has 156 valence electrons. The van der Waals surface area contributed by atoms with E-state index in [1.807, 2.05) is 48.7 Å². The fourth-order valence-corrected chi connectivity index (χ4v) is 4.20. The van der Waals surface area contributed by atoms with Crippen LogP contribution in [0.25, 0.3) is 22.2 Å². The summed E-state index contributed by atoms with van der Waals surface area (Å²) in [5, 5.41) is 18.7. The number of nitrogens with one attached hydrogen (secondary N) is 2. The van der Waals surface area contributed by atoms with E-state index in [2.05, 4.69) is 16.9 Å². The summed E-state index contributed by atoms with van der Waals surface area (Å²) >= 11 is 6.01. The van der Waals surface area contributed by atoms with Crippen molar-refractivity contribution in [2.75, 3.05) is 0 Å². The number of amidine groups is 1. The number of benzene rings is 2. The quantitative estimate of drug-likeness (QED) is 0.241. The maximum atomic E-state index is 11.9. The summed E-state index contributed by atoms with van der Waals surface area (Å²) in [7, 11) is 0. The van der Waals surface area contributed by atoms with Gasteiger partial charge in [0, 0.05) is 40.3 Å². The maximum Gasteiger partial charge on any atom is 0.337 e. The van der Waals surface area contributed by atoms with Gasteiger partial charge >= 0.3 is 5.97 Å². The van der Waals surface area contributed by atoms with Crippen molar-refractivity contribution >= 4 is 34.3 Å². The Morgan fingerprint density at radius 2 is 2.00 bits per heavy atom. The summed E-state index contributed by atoms with van der Waals surface area (Å²) in [6.07, 6.45) is 4.23. The average molecular weight is 433 g/mol. The molecule has 4 aromatic rings. The molecule has 5 N–H and O–H groups in total. The van der Waals surface area contributed by atoms with Crippen LogP contribution in [0.1, 0.15) is 46.3 Å². The van der Waals surface area contributed by atoms with E-state index in [1.54, 1.807) is 0 Å². The predicted molar refractivity (Wildman–Crippen MR) is 123 cm³/mol. The molecule has 0 aliphatic rings. The number of nitrogens with zero attached hydrogens (tertiary/aromatic N) is 1. The zero-order valence-corrected chi connectivity index (χ0v) is 17.6. The SMILES string of the molecule is CCC(c1ccccc1-c1ncc(Cl)cc1C(=O)O)c1c[nH]c2cc(C(=N)N)ccc12. The number of hydrogen-bond acceptors (Lipinski definition) is 3. The lowest BCUT2D eigenvalue weighted by atomic mass is 9.84. The van der Waals surface area contributed by atoms with Crippen molar-refractivity contribution in [2.24, 2.45) is 5.73 Å². The minimum absolute atomic E-state index is 0.00671. The van der Waals surface area contributed by atoms with Crippen LogP contribution in [0.3, 0.4) is 0 Å². The van der Waals surface area contributed by atoms with Gasteiger partial charge in [-0.15, -0.1) is 0 Å². The molecule has 0 spiro atoms. The van der Waals surface area contributed by atoms with E-state index in [0.29, 0.717) is 11.3 Å². The number of nitrogen functional groups attached to an aromatic ring is 1. The number of halogens is 1. The molecule has 1 unspecified atom stereocenters. The Morgan fingerprint density at radius 3 is 2.71 bits per heavy atom. The predicted octanol–water partition coefficient (Wildman–Crippen LogP) is 5.41. The van der Waals surface area contributed by atoms with E-state index in [-0.39, 0.29) is 22.3 Å². The van der Waals surface area contributed by atoms with Crippen LogP contribution in [0, 0.1) is 5.41 Å². The van der Waals surface area contributed by atoms with Gasteiger partial charge in [-0.25, -0.2) is 4.79 Å². The molecule has 0 saturated carbocycles. The maximum absolute atomic E-state index is 11.9. The van der Waals surface area contributed by atoms with Gasteiger partial charge < -0.3 is 15.8 Å². The van der Waals surface area contributed by atoms with Gasteiger partial charge in [0.1, 0.15) is 5.84 Å². The minimum atomic E-state index is -1.07. The zero-order chi connectivity index (χ0) is 22.1. The second kappa shape index (κ2) is 8.24. The van der Waals surface area contributed by atoms with Crippen LogP contribution in [-0.2, 0) is 0 Å². The Labute approximate surface area is 184 Å². The van der Waals surface area contributed by atoms with E-state index in [1.165, 1.54) is 12.3 Å². The first kappa shape index (κ1) is 20.6. The Bertz CT molecular complexity index is 1310. The zero-order valence-electron chi connectivity index (χ0n) is 16.8. The number of H-pyrrole nitrogens is 1. The van der Waals surface area contributed by atoms with Crippen LogP contribution in [-0.4, -0.2) is 26.9 Å². The average Bonchev–Trinajstić information content (AvgIpc) is 3.18. The minimum Gasteiger partial charge on any atom is -0.478 e. The highest BCUT2D eigenvalue weighted by atomic mass is 35.5. The highest BCUT2D eigenvalue weighted by Crippen LogP contribution is 2.39. The molecule has 4 rings (SSSR count). The second-order valence-corrected chi connectivity index (χ2v) is 7.76. The second-order valence-electron chi connectivity index (χ2n) is 7.32. The number of aromatic carboxylic acids is 1. The van der Waals surface area contributed by atoms with Crippen molar-refractivity contribution in [3.05, 3.63) is 88.2 Å². The molecule has 0 amide bonds. The molecule has 0 aliphatic heterocycles. The Balaban J connectivity index is 1.89. The molecule has 6 nitrogen and oxygen atoms in total. The van der Waals surface area contributed by atoms with Crippen molar-refractivity contribution in [2.45, 2.75) is 19.3 Å². The molecule has 0 aliphatic carbocycles. The molecule has 0 bridgehead atoms. The number of carboxylic acid groups (broad SMARTS) is 1. The molecule has 2 heterocycles. The number of rotatable bonds is 6. The molecule has 2 aromatic carbocycles. The summed E-state index contributed by atoms with van der Waals surface area (Å²) < 4.78 is 0. The van der Waals surface area contributed by atoms with Gasteiger partial charge in [0.25, 0.3) is 0 Å². The monoisotopic (exact) mass is 432 g/mol. The molecule has 2 aromatic heterocycles. The highest BCUT2D eigenvalue weighted by Gasteiger charge is 2.23. The number of aromatic nitrogens is 2. The molecule has 0 fully saturated rings. The van der Waals surface area contributed by atoms with Gasteiger partial charge in [-0.05, 0) is 29.7 Å². The molecule has 0 saturated heterocycles. The smallest absolute Gasteiger partial charge is 0.337 e. The summed E-state index contributed by atoms with van der Waals surface area (Å²) in [5.74, 6) is -1.05. The summed E-state index contributed by atoms with van der Waals surface area (Å²) in [6, 6.07) is 14.8. The number of carbonyl (C=O) groups is 1. The van der Waals surface area contributed by atoms with E-state index in [0.717, 1.165) is 34.0 Å². The summed E-state index contributed by atoms with van der Waals surface area (Å²) in [6.45, 7) is 2.09. The molecular weight excluding hydrogens is 412 g/mol. The lowest BCUT2D eigenvalue weighted by Gasteiger charge is -2.20. The van der Waals surface area contributed by atoms with E-state index >= 15 is 0 Å². The van der Waals surface area contributed by atoms with Gasteiger partial charge in [-0.3, -0.25) is 10.4 Å². The lowest BCUT2D eigenvalue weighted by Crippen LogP contribution is -2.10. The number of aromatic amines is 1. The Hall–Kier alpha value is -3.64. The van der Waals surface area contributed by atoms with Crippen LogP contribution >= 0.6 is 11.6 Å². The van der Waals surface area contributed by atoms with Crippen molar-refractivity contribution in [3.8, 4) is 11.3 Å². The highest BCUT2D eigenvalue weighted by molar-refractivity contribution is 6.30. The van der Waals surface area contributed by atoms with Gasteiger partial charge in [-0.2, -0.15) is 0 Å². The third-order valence-corrected chi connectivity index (χ3v) is 5.69. The molecule has 1 atom stereocenters. The Kier molecular flexibility index (Phi) is 5.48. The van der Waals surface area contributed by atoms with Crippen LogP contribution in [0.4, 0.5) is 0 Å². The fourth-order valence-electron chi connectivity index (χ4n) is 4.05. The Morgan fingerprint density at radius 1 is 1.23 bits per heavy atom. The molecular formula is C24H21ClN4O2. The standard InChI is InChI=1S/C24H21ClN4O2/c1-2-15(20-12-28-21-9-13(23(26)27)7-8-17(20)21)16-5-3-4-6-18(16)22-19(24(30)31)10-14(25)11-29-22/h3-12,15,28H,2H2,1H3,(H3,26,27)(H,30,31). The van der Waals surface area contributed by atoms with Crippen LogP contribution in [0.5, 0.6) is 0 Å². The van der Waals surface area contributed by atoms with E-state index in [9.17, 15) is 9.90 Å². The van der Waals surface area contributed by atoms with Crippen LogP contribution in [0.15, 0.2) is 60.9 Å². The van der Waals surface area contributed by atoms with Gasteiger partial charge in [0.15, 0.2) is 0 Å². The number of carboxylic acids is 1. The van der Waals surface area contributed by atoms with Crippen molar-refractivity contribution in [1.82, 2.24) is 9.97 Å². The fraction of sp³-hybridized carbons (Fsp3) is 0.125. The summed E-state index contributed by atoms with van der Waals surface area (Å²) in [5.41, 5.74) is 10.5. The summed E-state index contributed by atoms with van der Waals surface area (Å²) in [4.78, 5) is 19.5. The van der Waals surface area contributed by atoms with Crippen LogP contribution < -0.4 is 5.73 Å². The normalized spacial score (nSPS) is 12.1. The van der Waals surface area contributed by atoms with Crippen molar-refractivity contribution < 1.29 is 9.90 Å². The van der Waals surface area contributed by atoms with Crippen molar-refractivity contribution in [3.63, 3.8) is 0 Å². The van der Waals surface area contributed by atoms with E-state index in [4.69, 9.17) is 22.7 Å². The number of nitrogens with two attached hydrogens (primary N) is 1. The van der Waals surface area contributed by atoms with Gasteiger partial charge in [0.2, 0.25) is 0 Å². The topological polar surface area (TPSA) is 116 Å². The lowest BCUT2D eigenvalue weighted by molar-refractivity contribution is 0.0697. The number of fused-ring (bicyclic) bond motifs is 1. The first-order valence-corrected chi connectivity index (χ1v) is 10.2. The van der Waals surface area contributed by atoms with Gasteiger partial charge in [-0.1, -0.05) is 54.9 Å². The third-order valence-electron chi connectivity index (χ3n) is 5.48.